The quantitative estimate of drug-likeness (QED) is 0.741. The third-order valence-electron chi connectivity index (χ3n) is 4.31. The summed E-state index contributed by atoms with van der Waals surface area (Å²) in [6, 6.07) is 18.2. The maximum absolute atomic E-state index is 12.9. The van der Waals surface area contributed by atoms with Gasteiger partial charge in [-0.3, -0.25) is 4.79 Å². The molecule has 128 valence electrons. The van der Waals surface area contributed by atoms with Crippen molar-refractivity contribution < 1.29 is 4.79 Å². The molecule has 0 radical (unpaired) electrons. The third-order valence-corrected chi connectivity index (χ3v) is 4.54. The molecule has 26 heavy (non-hydrogen) atoms. The van der Waals surface area contributed by atoms with Crippen molar-refractivity contribution in [2.75, 3.05) is 5.32 Å². The number of nitrogens with one attached hydrogen (secondary N) is 1. The average Bonchev–Trinajstić information content (AvgIpc) is 3.41. The van der Waals surface area contributed by atoms with Crippen LogP contribution >= 0.6 is 11.6 Å². The zero-order chi connectivity index (χ0) is 18.1. The Morgan fingerprint density at radius 2 is 1.96 bits per heavy atom. The van der Waals surface area contributed by atoms with Crippen LogP contribution in [-0.4, -0.2) is 15.7 Å². The molecular formula is C20H15ClN4O. The van der Waals surface area contributed by atoms with Crippen LogP contribution in [0, 0.1) is 11.3 Å². The molecule has 1 heterocycles. The van der Waals surface area contributed by atoms with E-state index in [1.165, 1.54) is 0 Å². The number of carbonyl (C=O) groups is 1. The summed E-state index contributed by atoms with van der Waals surface area (Å²) in [6.45, 7) is 0. The minimum Gasteiger partial charge on any atom is -0.319 e. The molecule has 1 fully saturated rings. The normalized spacial score (nSPS) is 13.2. The van der Waals surface area contributed by atoms with Crippen LogP contribution in [0.2, 0.25) is 5.02 Å². The number of rotatable bonds is 4. The van der Waals surface area contributed by atoms with Crippen LogP contribution in [0.25, 0.3) is 5.69 Å². The Labute approximate surface area is 155 Å². The molecule has 1 N–H and O–H groups in total. The van der Waals surface area contributed by atoms with E-state index in [-0.39, 0.29) is 5.91 Å². The number of benzene rings is 2. The first-order valence-corrected chi connectivity index (χ1v) is 8.70. The van der Waals surface area contributed by atoms with Gasteiger partial charge in [0.15, 0.2) is 0 Å². The van der Waals surface area contributed by atoms with Gasteiger partial charge in [0, 0.05) is 10.9 Å². The Kier molecular flexibility index (Phi) is 4.19. The number of halogens is 1. The Balaban J connectivity index is 1.72. The molecule has 1 aliphatic carbocycles. The first-order valence-electron chi connectivity index (χ1n) is 8.32. The number of nitriles is 1. The zero-order valence-electron chi connectivity index (χ0n) is 13.8. The van der Waals surface area contributed by atoms with Crippen molar-refractivity contribution in [1.29, 1.82) is 5.26 Å². The van der Waals surface area contributed by atoms with Crippen molar-refractivity contribution in [3.05, 3.63) is 76.6 Å². The Morgan fingerprint density at radius 3 is 2.65 bits per heavy atom. The van der Waals surface area contributed by atoms with Gasteiger partial charge in [0.2, 0.25) is 0 Å². The molecule has 2 aromatic carbocycles. The van der Waals surface area contributed by atoms with E-state index in [2.05, 4.69) is 16.5 Å². The van der Waals surface area contributed by atoms with Gasteiger partial charge in [0.1, 0.15) is 11.8 Å². The minimum absolute atomic E-state index is 0.327. The predicted octanol–water partition coefficient (Wildman–Crippen LogP) is 4.53. The number of amides is 1. The Hall–Kier alpha value is -3.10. The number of nitrogens with zero attached hydrogens (tertiary/aromatic N) is 3. The van der Waals surface area contributed by atoms with Crippen molar-refractivity contribution >= 4 is 23.2 Å². The highest BCUT2D eigenvalue weighted by Gasteiger charge is 2.29. The fourth-order valence-corrected chi connectivity index (χ4v) is 2.98. The molecule has 5 nitrogen and oxygen atoms in total. The van der Waals surface area contributed by atoms with Crippen molar-refractivity contribution in [3.8, 4) is 11.8 Å². The summed E-state index contributed by atoms with van der Waals surface area (Å²) in [7, 11) is 0. The van der Waals surface area contributed by atoms with E-state index in [4.69, 9.17) is 11.6 Å². The highest BCUT2D eigenvalue weighted by molar-refractivity contribution is 6.31. The Morgan fingerprint density at radius 1 is 1.19 bits per heavy atom. The van der Waals surface area contributed by atoms with Gasteiger partial charge in [0.05, 0.1) is 22.6 Å². The lowest BCUT2D eigenvalue weighted by Gasteiger charge is -2.09. The van der Waals surface area contributed by atoms with Crippen LogP contribution in [-0.2, 0) is 0 Å². The third kappa shape index (κ3) is 3.19. The Bertz CT molecular complexity index is 1020. The van der Waals surface area contributed by atoms with E-state index < -0.39 is 0 Å². The van der Waals surface area contributed by atoms with Gasteiger partial charge in [-0.2, -0.15) is 10.4 Å². The second-order valence-electron chi connectivity index (χ2n) is 6.23. The average molecular weight is 363 g/mol. The predicted molar refractivity (Wildman–Crippen MR) is 99.7 cm³/mol. The number of para-hydroxylation sites is 1. The number of hydrogen-bond acceptors (Lipinski definition) is 3. The summed E-state index contributed by atoms with van der Waals surface area (Å²) in [5.41, 5.74) is 2.92. The molecule has 0 unspecified atom stereocenters. The molecule has 0 saturated heterocycles. The summed E-state index contributed by atoms with van der Waals surface area (Å²) in [6.07, 6.45) is 2.19. The van der Waals surface area contributed by atoms with Gasteiger partial charge in [-0.05, 0) is 49.2 Å². The topological polar surface area (TPSA) is 70.7 Å². The van der Waals surface area contributed by atoms with Crippen molar-refractivity contribution in [2.24, 2.45) is 0 Å². The molecule has 0 aliphatic heterocycles. The second kappa shape index (κ2) is 6.66. The monoisotopic (exact) mass is 362 g/mol. The van der Waals surface area contributed by atoms with Gasteiger partial charge in [0.25, 0.3) is 5.91 Å². The van der Waals surface area contributed by atoms with E-state index in [1.807, 2.05) is 36.4 Å². The summed E-state index contributed by atoms with van der Waals surface area (Å²) in [5.74, 6) is 0.0966. The molecule has 1 amide bonds. The summed E-state index contributed by atoms with van der Waals surface area (Å²) in [5, 5.41) is 17.1. The van der Waals surface area contributed by atoms with Crippen LogP contribution in [0.1, 0.15) is 40.5 Å². The molecule has 1 aromatic heterocycles. The summed E-state index contributed by atoms with van der Waals surface area (Å²) >= 11 is 6.01. The van der Waals surface area contributed by atoms with Crippen LogP contribution in [0.5, 0.6) is 0 Å². The summed E-state index contributed by atoms with van der Waals surface area (Å²) < 4.78 is 1.65. The first-order chi connectivity index (χ1) is 12.7. The number of hydrogen-bond donors (Lipinski definition) is 1. The van der Waals surface area contributed by atoms with Crippen LogP contribution in [0.3, 0.4) is 0 Å². The fraction of sp³-hybridized carbons (Fsp3) is 0.150. The first kappa shape index (κ1) is 16.4. The van der Waals surface area contributed by atoms with Gasteiger partial charge >= 0.3 is 0 Å². The molecule has 0 spiro atoms. The molecule has 1 saturated carbocycles. The molecule has 1 aliphatic rings. The van der Waals surface area contributed by atoms with Crippen molar-refractivity contribution in [3.63, 3.8) is 0 Å². The largest absolute Gasteiger partial charge is 0.319 e. The van der Waals surface area contributed by atoms with Crippen LogP contribution < -0.4 is 5.32 Å². The molecular weight excluding hydrogens is 348 g/mol. The standard InChI is InChI=1S/C20H15ClN4O/c21-15-9-8-14(12-22)17(10-15)23-20(26)19-11-18(13-6-7-13)24-25(19)16-4-2-1-3-5-16/h1-5,8-11,13H,6-7H2,(H,23,26). The van der Waals surface area contributed by atoms with E-state index in [9.17, 15) is 10.1 Å². The maximum atomic E-state index is 12.9. The smallest absolute Gasteiger partial charge is 0.274 e. The molecule has 6 heteroatoms. The van der Waals surface area contributed by atoms with Gasteiger partial charge < -0.3 is 5.32 Å². The van der Waals surface area contributed by atoms with Crippen LogP contribution in [0.4, 0.5) is 5.69 Å². The van der Waals surface area contributed by atoms with Crippen molar-refractivity contribution in [2.45, 2.75) is 18.8 Å². The minimum atomic E-state index is -0.327. The molecule has 0 bridgehead atoms. The number of aromatic nitrogens is 2. The highest BCUT2D eigenvalue weighted by Crippen LogP contribution is 2.39. The zero-order valence-corrected chi connectivity index (χ0v) is 14.6. The highest BCUT2D eigenvalue weighted by atomic mass is 35.5. The lowest BCUT2D eigenvalue weighted by molar-refractivity contribution is 0.101. The van der Waals surface area contributed by atoms with E-state index >= 15 is 0 Å². The summed E-state index contributed by atoms with van der Waals surface area (Å²) in [4.78, 5) is 12.9. The second-order valence-corrected chi connectivity index (χ2v) is 6.67. The molecule has 4 rings (SSSR count). The van der Waals surface area contributed by atoms with Gasteiger partial charge in [-0.25, -0.2) is 4.68 Å². The molecule has 3 aromatic rings. The lowest BCUT2D eigenvalue weighted by Crippen LogP contribution is -2.17. The van der Waals surface area contributed by atoms with Crippen molar-refractivity contribution in [1.82, 2.24) is 9.78 Å². The van der Waals surface area contributed by atoms with E-state index in [0.717, 1.165) is 24.2 Å². The lowest BCUT2D eigenvalue weighted by atomic mass is 10.2. The SMILES string of the molecule is N#Cc1ccc(Cl)cc1NC(=O)c1cc(C2CC2)nn1-c1ccccc1. The van der Waals surface area contributed by atoms with Gasteiger partial charge in [-0.15, -0.1) is 0 Å². The molecule has 0 atom stereocenters. The fourth-order valence-electron chi connectivity index (χ4n) is 2.81. The maximum Gasteiger partial charge on any atom is 0.274 e. The van der Waals surface area contributed by atoms with E-state index in [1.54, 1.807) is 22.9 Å². The number of carbonyl (C=O) groups excluding carboxylic acids is 1. The van der Waals surface area contributed by atoms with Gasteiger partial charge in [-0.1, -0.05) is 29.8 Å². The van der Waals surface area contributed by atoms with E-state index in [0.29, 0.717) is 27.9 Å². The van der Waals surface area contributed by atoms with Crippen LogP contribution in [0.15, 0.2) is 54.6 Å². The number of anilines is 1.